The van der Waals surface area contributed by atoms with E-state index in [-0.39, 0.29) is 17.2 Å². The van der Waals surface area contributed by atoms with Crippen molar-refractivity contribution >= 4 is 11.7 Å². The molecule has 166 valence electrons. The van der Waals surface area contributed by atoms with E-state index in [0.717, 1.165) is 55.3 Å². The SMILES string of the molecule is Cc1cnc(NC(=O)[C@@H]2CCC[C@H](c3ccncc3)C2)cc1-c1cnn2c1CC(C)(C)C2. The van der Waals surface area contributed by atoms with Gasteiger partial charge < -0.3 is 5.32 Å². The van der Waals surface area contributed by atoms with Crippen LogP contribution >= 0.6 is 0 Å². The molecule has 0 aromatic carbocycles. The third-order valence-electron chi connectivity index (χ3n) is 7.04. The number of fused-ring (bicyclic) bond motifs is 1. The summed E-state index contributed by atoms with van der Waals surface area (Å²) in [5, 5.41) is 7.72. The fourth-order valence-electron chi connectivity index (χ4n) is 5.35. The summed E-state index contributed by atoms with van der Waals surface area (Å²) in [6.07, 6.45) is 12.5. The van der Waals surface area contributed by atoms with Crippen molar-refractivity contribution in [3.05, 3.63) is 59.8 Å². The summed E-state index contributed by atoms with van der Waals surface area (Å²) in [7, 11) is 0. The molecule has 2 aliphatic rings. The van der Waals surface area contributed by atoms with Crippen LogP contribution in [0.3, 0.4) is 0 Å². The van der Waals surface area contributed by atoms with E-state index in [2.05, 4.69) is 58.0 Å². The van der Waals surface area contributed by atoms with E-state index in [0.29, 0.717) is 11.7 Å². The lowest BCUT2D eigenvalue weighted by atomic mass is 9.78. The maximum Gasteiger partial charge on any atom is 0.228 e. The molecule has 0 radical (unpaired) electrons. The van der Waals surface area contributed by atoms with E-state index < -0.39 is 0 Å². The first-order valence-corrected chi connectivity index (χ1v) is 11.6. The minimum Gasteiger partial charge on any atom is -0.310 e. The van der Waals surface area contributed by atoms with E-state index in [1.165, 1.54) is 11.3 Å². The largest absolute Gasteiger partial charge is 0.310 e. The van der Waals surface area contributed by atoms with Crippen LogP contribution in [0.1, 0.15) is 62.3 Å². The van der Waals surface area contributed by atoms with E-state index in [4.69, 9.17) is 0 Å². The monoisotopic (exact) mass is 429 g/mol. The number of hydrogen-bond acceptors (Lipinski definition) is 4. The Morgan fingerprint density at radius 2 is 1.97 bits per heavy atom. The molecular formula is C26H31N5O. The van der Waals surface area contributed by atoms with Gasteiger partial charge >= 0.3 is 0 Å². The smallest absolute Gasteiger partial charge is 0.228 e. The molecule has 3 aromatic rings. The van der Waals surface area contributed by atoms with Crippen LogP contribution in [0.5, 0.6) is 0 Å². The molecule has 1 saturated carbocycles. The number of anilines is 1. The first-order chi connectivity index (χ1) is 15.4. The maximum atomic E-state index is 13.1. The van der Waals surface area contributed by atoms with Gasteiger partial charge in [0, 0.05) is 42.3 Å². The number of hydrogen-bond donors (Lipinski definition) is 1. The summed E-state index contributed by atoms with van der Waals surface area (Å²) in [4.78, 5) is 21.8. The van der Waals surface area contributed by atoms with E-state index >= 15 is 0 Å². The zero-order valence-electron chi connectivity index (χ0n) is 19.1. The van der Waals surface area contributed by atoms with Crippen LogP contribution in [-0.4, -0.2) is 25.7 Å². The molecular weight excluding hydrogens is 398 g/mol. The van der Waals surface area contributed by atoms with Crippen LogP contribution in [0.4, 0.5) is 5.82 Å². The molecule has 2 atom stereocenters. The molecule has 0 unspecified atom stereocenters. The van der Waals surface area contributed by atoms with E-state index in [1.807, 2.05) is 30.9 Å². The number of aryl methyl sites for hydroxylation is 1. The predicted molar refractivity (Wildman–Crippen MR) is 125 cm³/mol. The number of rotatable bonds is 4. The molecule has 0 saturated heterocycles. The highest BCUT2D eigenvalue weighted by atomic mass is 16.1. The molecule has 1 aliphatic heterocycles. The summed E-state index contributed by atoms with van der Waals surface area (Å²) in [6, 6.07) is 6.16. The Morgan fingerprint density at radius 3 is 2.78 bits per heavy atom. The molecule has 1 amide bonds. The van der Waals surface area contributed by atoms with Gasteiger partial charge in [0.15, 0.2) is 0 Å². The Balaban J connectivity index is 1.33. The van der Waals surface area contributed by atoms with Crippen molar-refractivity contribution in [3.63, 3.8) is 0 Å². The third-order valence-corrected chi connectivity index (χ3v) is 7.04. The van der Waals surface area contributed by atoms with Crippen molar-refractivity contribution in [1.82, 2.24) is 19.7 Å². The van der Waals surface area contributed by atoms with Crippen LogP contribution in [0.15, 0.2) is 43.0 Å². The normalized spacial score (nSPS) is 21.8. The minimum absolute atomic E-state index is 0.00895. The average Bonchev–Trinajstić information content (AvgIpc) is 3.30. The molecule has 0 bridgehead atoms. The van der Waals surface area contributed by atoms with Crippen molar-refractivity contribution in [1.29, 1.82) is 0 Å². The molecule has 32 heavy (non-hydrogen) atoms. The second-order valence-electron chi connectivity index (χ2n) is 10.2. The van der Waals surface area contributed by atoms with Crippen molar-refractivity contribution < 1.29 is 4.79 Å². The molecule has 3 aromatic heterocycles. The topological polar surface area (TPSA) is 72.7 Å². The van der Waals surface area contributed by atoms with Crippen LogP contribution in [0.2, 0.25) is 0 Å². The highest BCUT2D eigenvalue weighted by Gasteiger charge is 2.32. The van der Waals surface area contributed by atoms with Crippen LogP contribution in [0.25, 0.3) is 11.1 Å². The van der Waals surface area contributed by atoms with Gasteiger partial charge in [0.1, 0.15) is 5.82 Å². The Labute approximate surface area is 189 Å². The number of nitrogens with one attached hydrogen (secondary N) is 1. The van der Waals surface area contributed by atoms with Gasteiger partial charge in [-0.15, -0.1) is 0 Å². The quantitative estimate of drug-likeness (QED) is 0.623. The van der Waals surface area contributed by atoms with Gasteiger partial charge in [0.25, 0.3) is 0 Å². The highest BCUT2D eigenvalue weighted by molar-refractivity contribution is 5.92. The molecule has 1 aliphatic carbocycles. The van der Waals surface area contributed by atoms with Crippen molar-refractivity contribution in [3.8, 4) is 11.1 Å². The van der Waals surface area contributed by atoms with Gasteiger partial charge in [-0.3, -0.25) is 14.5 Å². The summed E-state index contributed by atoms with van der Waals surface area (Å²) in [6.45, 7) is 7.56. The van der Waals surface area contributed by atoms with E-state index in [1.54, 1.807) is 0 Å². The van der Waals surface area contributed by atoms with Crippen LogP contribution in [-0.2, 0) is 17.8 Å². The molecule has 6 heteroatoms. The standard InChI is InChI=1S/C26H31N5O/c1-17-14-28-24(12-21(17)22-15-29-31-16-26(2,3)13-23(22)31)30-25(32)20-6-4-5-19(11-20)18-7-9-27-10-8-18/h7-10,12,14-15,19-20H,4-6,11,13,16H2,1-3H3,(H,28,30,32)/t19-,20+/m0/s1. The number of nitrogens with zero attached hydrogens (tertiary/aromatic N) is 4. The fraction of sp³-hybridized carbons (Fsp3) is 0.462. The molecule has 1 N–H and O–H groups in total. The molecule has 1 fully saturated rings. The van der Waals surface area contributed by atoms with Crippen molar-refractivity contribution in [2.24, 2.45) is 11.3 Å². The van der Waals surface area contributed by atoms with Crippen LogP contribution < -0.4 is 5.32 Å². The number of aromatic nitrogens is 4. The number of pyridine rings is 2. The lowest BCUT2D eigenvalue weighted by Gasteiger charge is -2.28. The summed E-state index contributed by atoms with van der Waals surface area (Å²) in [5.41, 5.74) is 6.14. The lowest BCUT2D eigenvalue weighted by Crippen LogP contribution is -2.27. The van der Waals surface area contributed by atoms with Gasteiger partial charge in [-0.25, -0.2) is 4.98 Å². The van der Waals surface area contributed by atoms with Gasteiger partial charge in [-0.05, 0) is 78.8 Å². The third kappa shape index (κ3) is 4.06. The number of carbonyl (C=O) groups excluding carboxylic acids is 1. The summed E-state index contributed by atoms with van der Waals surface area (Å²) >= 11 is 0. The highest BCUT2D eigenvalue weighted by Crippen LogP contribution is 2.39. The number of carbonyl (C=O) groups is 1. The predicted octanol–water partition coefficient (Wildman–Crippen LogP) is 5.14. The Kier molecular flexibility index (Phi) is 5.31. The summed E-state index contributed by atoms with van der Waals surface area (Å²) < 4.78 is 2.12. The molecule has 6 nitrogen and oxygen atoms in total. The van der Waals surface area contributed by atoms with E-state index in [9.17, 15) is 4.79 Å². The minimum atomic E-state index is 0.00895. The zero-order chi connectivity index (χ0) is 22.3. The first-order valence-electron chi connectivity index (χ1n) is 11.6. The second-order valence-corrected chi connectivity index (χ2v) is 10.2. The Morgan fingerprint density at radius 1 is 1.16 bits per heavy atom. The molecule has 0 spiro atoms. The Hall–Kier alpha value is -3.02. The van der Waals surface area contributed by atoms with Gasteiger partial charge in [-0.1, -0.05) is 20.3 Å². The first kappa shape index (κ1) is 20.9. The number of amides is 1. The average molecular weight is 430 g/mol. The lowest BCUT2D eigenvalue weighted by molar-refractivity contribution is -0.120. The maximum absolute atomic E-state index is 13.1. The van der Waals surface area contributed by atoms with Gasteiger partial charge in [-0.2, -0.15) is 5.10 Å². The fourth-order valence-corrected chi connectivity index (χ4v) is 5.35. The van der Waals surface area contributed by atoms with Gasteiger partial charge in [0.2, 0.25) is 5.91 Å². The molecule has 4 heterocycles. The molecule has 5 rings (SSSR count). The Bertz CT molecular complexity index is 1130. The van der Waals surface area contributed by atoms with Gasteiger partial charge in [0.05, 0.1) is 6.20 Å². The van der Waals surface area contributed by atoms with Crippen LogP contribution in [0, 0.1) is 18.3 Å². The summed E-state index contributed by atoms with van der Waals surface area (Å²) in [5.74, 6) is 1.13. The van der Waals surface area contributed by atoms with Crippen molar-refractivity contribution in [2.75, 3.05) is 5.32 Å². The zero-order valence-corrected chi connectivity index (χ0v) is 19.1. The van der Waals surface area contributed by atoms with Crippen molar-refractivity contribution in [2.45, 2.75) is 65.3 Å². The second kappa shape index (κ2) is 8.15.